The van der Waals surface area contributed by atoms with Gasteiger partial charge in [-0.15, -0.1) is 0 Å². The monoisotopic (exact) mass is 2490 g/mol. The van der Waals surface area contributed by atoms with Crippen molar-refractivity contribution < 1.29 is 91.4 Å². The second-order valence-corrected chi connectivity index (χ2v) is 53.6. The Labute approximate surface area is 871 Å². The number of carbonyl (C=O) groups excluding carboxylic acids is 11. The lowest BCUT2D eigenvalue weighted by atomic mass is 10.0. The Kier molecular flexibility index (Phi) is 57.1. The molecular formula is C71H102Br5N19O19S18. The average Bonchev–Trinajstić information content (AvgIpc) is 1.60. The highest BCUT2D eigenvalue weighted by Gasteiger charge is 2.42. The number of fused-ring (bicyclic) bond motifs is 5. The van der Waals surface area contributed by atoms with Crippen LogP contribution in [0.3, 0.4) is 0 Å². The SMILES string of the molecule is C.CCN1CN(C)CN(C)C1=O.COC(=O)C[C@@H]1[C@@H](OC)NC(=O)c2ccc(Br)n21.CO[C@H]1NC(=O)c2ccc(Br)n2[C@@H]1CC(=O)CN1CN(C)CN(C)C1=O.CO[C@H]1NC(=O)c2ccc(Br)n2[C@@H]1CC(O)CN1CN(C)CN(C)C1=O.CO[C@H]1NC(=O)c2ccc(Br)n2[C@@H]1CC=O.CO[C@H]1NC(=O)c2ccc(Br)n2[C@@H]1CCO.S=S=S=S=S.S=S=S=S=S=S.S=S=S=S=S=S=S. The molecule has 0 radical (unpaired) electrons. The summed E-state index contributed by atoms with van der Waals surface area (Å²) < 4.78 is 43.8. The van der Waals surface area contributed by atoms with E-state index in [9.17, 15) is 57.8 Å². The van der Waals surface area contributed by atoms with Crippen molar-refractivity contribution in [2.75, 3.05) is 151 Å². The number of urea groups is 3. The van der Waals surface area contributed by atoms with E-state index in [0.29, 0.717) is 79.0 Å². The van der Waals surface area contributed by atoms with Crippen LogP contribution in [0.2, 0.25) is 0 Å². The first-order valence-corrected chi connectivity index (χ1v) is 62.1. The third-order valence-corrected chi connectivity index (χ3v) is 42.9. The lowest BCUT2D eigenvalue weighted by Gasteiger charge is -2.40. The molecule has 132 heavy (non-hydrogen) atoms. The molecule has 0 spiro atoms. The van der Waals surface area contributed by atoms with Crippen molar-refractivity contribution in [3.8, 4) is 0 Å². The quantitative estimate of drug-likeness (QED) is 0.0397. The fraction of sp³-hybridized carbons (Fsp3) is 0.563. The first-order chi connectivity index (χ1) is 62.5. The lowest BCUT2D eigenvalue weighted by Crippen LogP contribution is -2.57. The number of ether oxygens (including phenoxy) is 6. The van der Waals surface area contributed by atoms with Crippen LogP contribution in [-0.2, 0) is 216 Å². The first-order valence-electron chi connectivity index (χ1n) is 38.1. The highest BCUT2D eigenvalue weighted by atomic mass is 79.9. The molecule has 61 heteroatoms. The third-order valence-electron chi connectivity index (χ3n) is 19.7. The predicted molar refractivity (Wildman–Crippen MR) is 563 cm³/mol. The summed E-state index contributed by atoms with van der Waals surface area (Å²) >= 11 is 44.1. The van der Waals surface area contributed by atoms with E-state index >= 15 is 0 Å². The molecule has 38 nitrogen and oxygen atoms in total. The molecule has 13 heterocycles. The van der Waals surface area contributed by atoms with Gasteiger partial charge in [0.1, 0.15) is 34.8 Å². The van der Waals surface area contributed by atoms with Gasteiger partial charge in [-0.3, -0.25) is 48.3 Å². The normalized spacial score (nSPS) is 21.1. The maximum atomic E-state index is 12.7. The highest BCUT2D eigenvalue weighted by molar-refractivity contribution is 9.11. The molecule has 8 aliphatic rings. The van der Waals surface area contributed by atoms with Crippen molar-refractivity contribution in [2.24, 2.45) is 0 Å². The van der Waals surface area contributed by atoms with Crippen molar-refractivity contribution in [1.82, 2.24) is 93.5 Å². The van der Waals surface area contributed by atoms with Crippen LogP contribution in [0, 0.1) is 0 Å². The molecule has 11 amide bonds. The predicted octanol–water partition coefficient (Wildman–Crippen LogP) is 5.02. The number of carbonyl (C=O) groups is 11. The number of methoxy groups -OCH3 is 6. The van der Waals surface area contributed by atoms with Crippen LogP contribution >= 0.6 is 79.6 Å². The van der Waals surface area contributed by atoms with E-state index < -0.39 is 37.2 Å². The summed E-state index contributed by atoms with van der Waals surface area (Å²) in [7, 11) is 36.9. The van der Waals surface area contributed by atoms with Gasteiger partial charge in [-0.1, -0.05) is 7.43 Å². The molecule has 8 aliphatic heterocycles. The molecule has 3 saturated heterocycles. The van der Waals surface area contributed by atoms with Gasteiger partial charge in [0, 0.05) is 269 Å². The summed E-state index contributed by atoms with van der Waals surface area (Å²) in [5.41, 5.74) is 2.59. The molecular weight excluding hydrogens is 2400 g/mol. The van der Waals surface area contributed by atoms with E-state index in [1.807, 2.05) is 65.0 Å². The van der Waals surface area contributed by atoms with Crippen LogP contribution < -0.4 is 26.6 Å². The minimum absolute atomic E-state index is 0. The standard InChI is InChI=1S/C16H24BrN5O4.C16H22BrN5O4.C11H13BrN2O4.C10H13BrN2O3.C10H11BrN2O3.C7H15N3O.CH4.S7.S6.S5/c2*1-19-8-20(2)16(25)21(9-19)7-10(23)6-12-15(26-3)18-14(24)11-4-5-13(17)22(11)12;1-17-9(15)5-7-11(18-2)13-10(16)6-3-4-8(12)14(6)7;2*1-16-10-7(4-5-14)13-6(9(15)12-10)2-3-8(13)11;1-4-10-6-8(2)5-9(3)7(10)11;;1-3-5-7-6-4-2;1-3-5-6-4-2;1-3-5-4-2/h4-5,10,12,15,23H,6-9H2,1-3H3,(H,18,24);4-5,12,15H,6-9H2,1-3H3,(H,18,24);3-4,7,11H,5H2,1-2H3,(H,13,16);2-3,7,10,14H,4-5H2,1H3,(H,12,15);2-3,5,7,10H,4H2,1H3,(H,12,15);4-6H2,1-3H3;1H4;;;/t10?,12-,15-;12-,15-;7-,11-;2*7-,10-;;;;;/m11111...../s1. The fourth-order valence-corrected chi connectivity index (χ4v) is 33.9. The van der Waals surface area contributed by atoms with Gasteiger partial charge >= 0.3 is 24.1 Å². The van der Waals surface area contributed by atoms with E-state index in [4.69, 9.17) is 28.8 Å². The molecule has 5 aromatic rings. The van der Waals surface area contributed by atoms with Crippen molar-refractivity contribution in [3.63, 3.8) is 0 Å². The van der Waals surface area contributed by atoms with Gasteiger partial charge < -0.3 is 122 Å². The summed E-state index contributed by atoms with van der Waals surface area (Å²) in [5, 5.41) is 33.4. The number of hydrogen-bond acceptors (Lipinski definition) is 28. The van der Waals surface area contributed by atoms with Gasteiger partial charge in [-0.05, 0) is 175 Å². The molecule has 13 rings (SSSR count). The Morgan fingerprint density at radius 3 is 1.06 bits per heavy atom. The number of rotatable bonds is 20. The molecule has 0 bridgehead atoms. The summed E-state index contributed by atoms with van der Waals surface area (Å²) in [6.07, 6.45) is -1.16. The summed E-state index contributed by atoms with van der Waals surface area (Å²) in [5.74, 6) is -1.51. The molecule has 7 N–H and O–H groups in total. The van der Waals surface area contributed by atoms with Crippen LogP contribution in [0.15, 0.2) is 83.7 Å². The van der Waals surface area contributed by atoms with E-state index in [1.165, 1.54) is 127 Å². The third kappa shape index (κ3) is 34.9. The van der Waals surface area contributed by atoms with E-state index in [0.717, 1.165) is 44.6 Å². The van der Waals surface area contributed by atoms with E-state index in [-0.39, 0.29) is 130 Å². The molecule has 0 aliphatic carbocycles. The number of ketones is 1. The number of nitrogens with one attached hydrogen (secondary N) is 5. The van der Waals surface area contributed by atoms with E-state index in [1.54, 1.807) is 129 Å². The van der Waals surface area contributed by atoms with Crippen LogP contribution in [-0.4, -0.2) is 331 Å². The smallest absolute Gasteiger partial charge is 0.322 e. The number of esters is 1. The Hall–Kier alpha value is -3.67. The van der Waals surface area contributed by atoms with Crippen molar-refractivity contribution in [3.05, 3.63) is 112 Å². The number of β-amino-alcohol motifs (C(OH)–C–C–N with tert-alkyl or cyclic N) is 1. The number of nitrogens with zero attached hydrogens (tertiary/aromatic N) is 14. The number of Topliss-reactive ketones (excluding diaryl/α,β-unsaturated/α-hetero) is 1. The second kappa shape index (κ2) is 62.5. The van der Waals surface area contributed by atoms with Crippen molar-refractivity contribution >= 4 is 319 Å². The van der Waals surface area contributed by atoms with Crippen LogP contribution in [0.5, 0.6) is 0 Å². The Bertz CT molecular complexity index is 5350. The molecule has 738 valence electrons. The maximum Gasteiger partial charge on any atom is 0.322 e. The number of aliphatic hydroxyl groups is 2. The van der Waals surface area contributed by atoms with Gasteiger partial charge in [0.25, 0.3) is 29.5 Å². The first kappa shape index (κ1) is 121. The minimum atomic E-state index is -0.765. The Balaban J connectivity index is 0.000000324. The molecule has 3 fully saturated rings. The largest absolute Gasteiger partial charge is 0.469 e. The number of aromatic nitrogens is 5. The molecule has 1 unspecified atom stereocenters. The summed E-state index contributed by atoms with van der Waals surface area (Å²) in [4.78, 5) is 146. The van der Waals surface area contributed by atoms with Gasteiger partial charge in [0.05, 0.1) is 119 Å². The second-order valence-electron chi connectivity index (χ2n) is 28.3. The van der Waals surface area contributed by atoms with Crippen LogP contribution in [0.25, 0.3) is 0 Å². The van der Waals surface area contributed by atoms with Gasteiger partial charge in [0.15, 0.2) is 36.9 Å². The highest BCUT2D eigenvalue weighted by Crippen LogP contribution is 2.36. The zero-order valence-corrected chi connectivity index (χ0v) is 94.8. The average molecular weight is 2500 g/mol. The van der Waals surface area contributed by atoms with Gasteiger partial charge in [-0.2, -0.15) is 0 Å². The zero-order valence-electron chi connectivity index (χ0n) is 72.1. The number of amides is 11. The number of halogens is 5. The number of aldehydes is 1. The summed E-state index contributed by atoms with van der Waals surface area (Å²) in [6.45, 7) is 6.49. The summed E-state index contributed by atoms with van der Waals surface area (Å²) in [6, 6.07) is 16.0. The topological polar surface area (TPSA) is 398 Å². The number of hydrogen-bond donors (Lipinski definition) is 7. The van der Waals surface area contributed by atoms with Crippen molar-refractivity contribution in [2.45, 2.75) is 114 Å². The zero-order chi connectivity index (χ0) is 97.6. The van der Waals surface area contributed by atoms with E-state index in [2.05, 4.69) is 183 Å². The molecule has 0 aromatic carbocycles. The Morgan fingerprint density at radius 1 is 0.432 bits per heavy atom. The molecule has 5 aromatic heterocycles. The Morgan fingerprint density at radius 2 is 0.727 bits per heavy atom. The van der Waals surface area contributed by atoms with Crippen molar-refractivity contribution in [1.29, 1.82) is 0 Å². The molecule has 11 atom stereocenters. The van der Waals surface area contributed by atoms with Gasteiger partial charge in [0.2, 0.25) is 0 Å². The lowest BCUT2D eigenvalue weighted by molar-refractivity contribution is -0.143. The minimum Gasteiger partial charge on any atom is -0.469 e. The molecule has 0 saturated carbocycles. The van der Waals surface area contributed by atoms with Crippen LogP contribution in [0.4, 0.5) is 14.4 Å². The maximum absolute atomic E-state index is 12.7. The van der Waals surface area contributed by atoms with Crippen LogP contribution in [0.1, 0.15) is 129 Å². The van der Waals surface area contributed by atoms with Gasteiger partial charge in [-0.25, -0.2) is 14.4 Å². The fourth-order valence-electron chi connectivity index (χ4n) is 14.5. The number of aliphatic hydroxyl groups excluding tert-OH is 2.